The number of benzene rings is 2. The van der Waals surface area contributed by atoms with Crippen molar-refractivity contribution in [1.82, 2.24) is 4.98 Å². The molecule has 10 nitrogen and oxygen atoms in total. The third-order valence-corrected chi connectivity index (χ3v) is 7.36. The number of amides is 1. The highest BCUT2D eigenvalue weighted by Gasteiger charge is 2.48. The first-order valence-corrected chi connectivity index (χ1v) is 12.2. The number of Topliss-reactive ketones (excluding diaryl/α,β-unsaturated/α-hetero) is 1. The minimum absolute atomic E-state index is 0.107. The molecule has 38 heavy (non-hydrogen) atoms. The minimum Gasteiger partial charge on any atom is -0.507 e. The lowest BCUT2D eigenvalue weighted by molar-refractivity contribution is -0.132. The predicted molar refractivity (Wildman–Crippen MR) is 140 cm³/mol. The molecule has 1 saturated heterocycles. The summed E-state index contributed by atoms with van der Waals surface area (Å²) in [6.45, 7) is 3.36. The van der Waals surface area contributed by atoms with Gasteiger partial charge in [0.1, 0.15) is 16.4 Å². The van der Waals surface area contributed by atoms with Crippen LogP contribution in [0.15, 0.2) is 42.0 Å². The molecule has 2 heterocycles. The summed E-state index contributed by atoms with van der Waals surface area (Å²) < 4.78 is 20.9. The SMILES string of the molecule is COC(=O)c1sc(N2C(=O)C(=O)/C(=C(\O)c3ccc(OC)cc3C)C2c2ccc(OC)c(OC)c2)nc1C. The number of hydrogen-bond acceptors (Lipinski definition) is 10. The van der Waals surface area contributed by atoms with Crippen LogP contribution in [0.25, 0.3) is 5.76 Å². The summed E-state index contributed by atoms with van der Waals surface area (Å²) in [5.74, 6) is -1.39. The van der Waals surface area contributed by atoms with Gasteiger partial charge in [-0.1, -0.05) is 17.4 Å². The maximum atomic E-state index is 13.5. The Labute approximate surface area is 223 Å². The molecule has 1 aliphatic heterocycles. The Bertz CT molecular complexity index is 1480. The fourth-order valence-corrected chi connectivity index (χ4v) is 5.32. The summed E-state index contributed by atoms with van der Waals surface area (Å²) in [7, 11) is 5.72. The smallest absolute Gasteiger partial charge is 0.350 e. The normalized spacial score (nSPS) is 16.5. The largest absolute Gasteiger partial charge is 0.507 e. The molecule has 198 valence electrons. The molecule has 0 spiro atoms. The molecular formula is C27H26N2O8S. The second kappa shape index (κ2) is 10.5. The van der Waals surface area contributed by atoms with Gasteiger partial charge in [-0.05, 0) is 55.3 Å². The highest BCUT2D eigenvalue weighted by molar-refractivity contribution is 7.17. The van der Waals surface area contributed by atoms with Crippen molar-refractivity contribution < 1.29 is 38.4 Å². The summed E-state index contributed by atoms with van der Waals surface area (Å²) in [5.41, 5.74) is 1.66. The molecule has 2 aromatic carbocycles. The summed E-state index contributed by atoms with van der Waals surface area (Å²) in [4.78, 5) is 45.0. The van der Waals surface area contributed by atoms with Crippen molar-refractivity contribution in [2.75, 3.05) is 33.3 Å². The lowest BCUT2D eigenvalue weighted by atomic mass is 9.93. The number of rotatable bonds is 7. The number of methoxy groups -OCH3 is 4. The van der Waals surface area contributed by atoms with Crippen LogP contribution in [0.2, 0.25) is 0 Å². The van der Waals surface area contributed by atoms with Crippen LogP contribution < -0.4 is 19.1 Å². The Morgan fingerprint density at radius 3 is 2.29 bits per heavy atom. The van der Waals surface area contributed by atoms with E-state index in [0.29, 0.717) is 39.6 Å². The van der Waals surface area contributed by atoms with Crippen LogP contribution in [0.1, 0.15) is 38.1 Å². The quantitative estimate of drug-likeness (QED) is 0.204. The predicted octanol–water partition coefficient (Wildman–Crippen LogP) is 4.20. The van der Waals surface area contributed by atoms with Crippen molar-refractivity contribution >= 4 is 39.9 Å². The van der Waals surface area contributed by atoms with E-state index in [1.165, 1.54) is 33.3 Å². The van der Waals surface area contributed by atoms with Crippen LogP contribution in [0.4, 0.5) is 5.13 Å². The highest BCUT2D eigenvalue weighted by Crippen LogP contribution is 2.45. The summed E-state index contributed by atoms with van der Waals surface area (Å²) >= 11 is 0.919. The van der Waals surface area contributed by atoms with E-state index in [1.807, 2.05) is 0 Å². The van der Waals surface area contributed by atoms with E-state index in [1.54, 1.807) is 50.2 Å². The van der Waals surface area contributed by atoms with Gasteiger partial charge in [-0.3, -0.25) is 14.5 Å². The molecule has 0 bridgehead atoms. The number of thiazole rings is 1. The van der Waals surface area contributed by atoms with E-state index in [4.69, 9.17) is 18.9 Å². The molecule has 0 aliphatic carbocycles. The molecular weight excluding hydrogens is 512 g/mol. The zero-order valence-electron chi connectivity index (χ0n) is 21.6. The van der Waals surface area contributed by atoms with Crippen molar-refractivity contribution in [2.45, 2.75) is 19.9 Å². The van der Waals surface area contributed by atoms with Crippen molar-refractivity contribution in [3.8, 4) is 17.2 Å². The van der Waals surface area contributed by atoms with Gasteiger partial charge >= 0.3 is 11.9 Å². The lowest BCUT2D eigenvalue weighted by Gasteiger charge is -2.24. The number of ketones is 1. The lowest BCUT2D eigenvalue weighted by Crippen LogP contribution is -2.29. The van der Waals surface area contributed by atoms with Crippen LogP contribution >= 0.6 is 11.3 Å². The molecule has 11 heteroatoms. The summed E-state index contributed by atoms with van der Waals surface area (Å²) in [6, 6.07) is 8.83. The van der Waals surface area contributed by atoms with Gasteiger partial charge in [-0.25, -0.2) is 9.78 Å². The highest BCUT2D eigenvalue weighted by atomic mass is 32.1. The van der Waals surface area contributed by atoms with Crippen molar-refractivity contribution in [3.63, 3.8) is 0 Å². The number of aryl methyl sites for hydroxylation is 2. The second-order valence-electron chi connectivity index (χ2n) is 8.37. The summed E-state index contributed by atoms with van der Waals surface area (Å²) in [5, 5.41) is 11.6. The van der Waals surface area contributed by atoms with E-state index >= 15 is 0 Å². The molecule has 1 amide bonds. The van der Waals surface area contributed by atoms with Gasteiger partial charge in [-0.2, -0.15) is 0 Å². The van der Waals surface area contributed by atoms with Gasteiger partial charge in [-0.15, -0.1) is 0 Å². The second-order valence-corrected chi connectivity index (χ2v) is 9.34. The number of esters is 1. The molecule has 1 atom stereocenters. The first-order chi connectivity index (χ1) is 18.2. The topological polar surface area (TPSA) is 124 Å². The van der Waals surface area contributed by atoms with Crippen LogP contribution in [0.3, 0.4) is 0 Å². The zero-order chi connectivity index (χ0) is 27.7. The standard InChI is InChI=1S/C27H26N2O8S/c1-13-11-16(34-3)8-9-17(13)22(30)20-21(15-7-10-18(35-4)19(12-15)36-5)29(25(32)23(20)31)27-28-14(2)24(38-27)26(33)37-6/h7-12,21,30H,1-6H3/b22-20-. The van der Waals surface area contributed by atoms with E-state index in [9.17, 15) is 19.5 Å². The number of aliphatic hydroxyl groups is 1. The minimum atomic E-state index is -1.08. The average Bonchev–Trinajstić information content (AvgIpc) is 3.43. The number of ether oxygens (including phenoxy) is 4. The Balaban J connectivity index is 1.98. The monoisotopic (exact) mass is 538 g/mol. The van der Waals surface area contributed by atoms with Crippen LogP contribution in [0.5, 0.6) is 17.2 Å². The first-order valence-electron chi connectivity index (χ1n) is 11.4. The van der Waals surface area contributed by atoms with Gasteiger partial charge in [0.25, 0.3) is 5.78 Å². The number of anilines is 1. The number of carbonyl (C=O) groups is 3. The third kappa shape index (κ3) is 4.45. The van der Waals surface area contributed by atoms with E-state index in [0.717, 1.165) is 11.3 Å². The van der Waals surface area contributed by atoms with Crippen LogP contribution in [0, 0.1) is 13.8 Å². The van der Waals surface area contributed by atoms with Crippen LogP contribution in [-0.4, -0.2) is 56.2 Å². The molecule has 4 rings (SSSR count). The molecule has 1 N–H and O–H groups in total. The van der Waals surface area contributed by atoms with Gasteiger partial charge in [0, 0.05) is 5.56 Å². The van der Waals surface area contributed by atoms with Gasteiger partial charge in [0.15, 0.2) is 16.6 Å². The first kappa shape index (κ1) is 26.7. The molecule has 1 unspecified atom stereocenters. The maximum absolute atomic E-state index is 13.5. The van der Waals surface area contributed by atoms with E-state index in [-0.39, 0.29) is 21.3 Å². The number of nitrogens with zero attached hydrogens (tertiary/aromatic N) is 2. The Hall–Kier alpha value is -4.38. The average molecular weight is 539 g/mol. The zero-order valence-corrected chi connectivity index (χ0v) is 22.5. The van der Waals surface area contributed by atoms with Gasteiger partial charge in [0.05, 0.1) is 45.7 Å². The fourth-order valence-electron chi connectivity index (χ4n) is 4.31. The number of hydrogen-bond donors (Lipinski definition) is 1. The molecule has 1 aliphatic rings. The Kier molecular flexibility index (Phi) is 7.40. The van der Waals surface area contributed by atoms with Gasteiger partial charge < -0.3 is 24.1 Å². The number of aliphatic hydroxyl groups excluding tert-OH is 1. The van der Waals surface area contributed by atoms with Gasteiger partial charge in [0.2, 0.25) is 0 Å². The third-order valence-electron chi connectivity index (χ3n) is 6.22. The van der Waals surface area contributed by atoms with E-state index < -0.39 is 23.7 Å². The van der Waals surface area contributed by atoms with Crippen molar-refractivity contribution in [3.05, 3.63) is 69.2 Å². The Morgan fingerprint density at radius 2 is 1.68 bits per heavy atom. The van der Waals surface area contributed by atoms with E-state index in [2.05, 4.69) is 4.98 Å². The number of carbonyl (C=O) groups excluding carboxylic acids is 3. The Morgan fingerprint density at radius 1 is 0.974 bits per heavy atom. The molecule has 0 radical (unpaired) electrons. The van der Waals surface area contributed by atoms with Crippen molar-refractivity contribution in [2.24, 2.45) is 0 Å². The molecule has 1 fully saturated rings. The molecule has 1 aromatic heterocycles. The summed E-state index contributed by atoms with van der Waals surface area (Å²) in [6.07, 6.45) is 0. The maximum Gasteiger partial charge on any atom is 0.350 e. The molecule has 3 aromatic rings. The van der Waals surface area contributed by atoms with Crippen molar-refractivity contribution in [1.29, 1.82) is 0 Å². The number of aromatic nitrogens is 1. The molecule has 0 saturated carbocycles. The van der Waals surface area contributed by atoms with Crippen LogP contribution in [-0.2, 0) is 14.3 Å². The fraction of sp³-hybridized carbons (Fsp3) is 0.259.